The van der Waals surface area contributed by atoms with Gasteiger partial charge in [-0.05, 0) is 44.9 Å². The number of aromatic nitrogens is 2. The Kier molecular flexibility index (Phi) is 7.42. The van der Waals surface area contributed by atoms with Gasteiger partial charge in [0.1, 0.15) is 17.3 Å². The van der Waals surface area contributed by atoms with E-state index in [4.69, 9.17) is 14.7 Å². The lowest BCUT2D eigenvalue weighted by Crippen LogP contribution is -2.48. The van der Waals surface area contributed by atoms with Crippen molar-refractivity contribution in [2.24, 2.45) is 0 Å². The van der Waals surface area contributed by atoms with E-state index in [-0.39, 0.29) is 17.9 Å². The number of piperazine rings is 1. The summed E-state index contributed by atoms with van der Waals surface area (Å²) in [6.07, 6.45) is 0.843. The third kappa shape index (κ3) is 5.33. The van der Waals surface area contributed by atoms with Crippen molar-refractivity contribution in [2.75, 3.05) is 56.2 Å². The molecular formula is C26H36N6O3. The number of carbonyl (C=O) groups is 2. The van der Waals surface area contributed by atoms with Crippen LogP contribution in [-0.2, 0) is 17.8 Å². The fourth-order valence-corrected chi connectivity index (χ4v) is 4.58. The number of ether oxygens (including phenoxy) is 1. The van der Waals surface area contributed by atoms with Crippen molar-refractivity contribution in [2.45, 2.75) is 46.7 Å². The number of carbonyl (C=O) groups excluding carboxylic acids is 2. The van der Waals surface area contributed by atoms with Crippen LogP contribution >= 0.6 is 0 Å². The van der Waals surface area contributed by atoms with Crippen LogP contribution < -0.4 is 14.5 Å². The molecular weight excluding hydrogens is 444 g/mol. The van der Waals surface area contributed by atoms with E-state index in [1.807, 2.05) is 49.8 Å². The fraction of sp³-hybridized carbons (Fsp3) is 0.538. The summed E-state index contributed by atoms with van der Waals surface area (Å²) < 4.78 is 5.55. The van der Waals surface area contributed by atoms with Crippen LogP contribution in [0.2, 0.25) is 0 Å². The summed E-state index contributed by atoms with van der Waals surface area (Å²) in [6, 6.07) is 8.26. The van der Waals surface area contributed by atoms with E-state index in [0.29, 0.717) is 51.0 Å². The van der Waals surface area contributed by atoms with Crippen molar-refractivity contribution in [3.8, 4) is 5.75 Å². The number of benzene rings is 1. The summed E-state index contributed by atoms with van der Waals surface area (Å²) in [5.41, 5.74) is 2.61. The summed E-state index contributed by atoms with van der Waals surface area (Å²) in [4.78, 5) is 42.5. The minimum Gasteiger partial charge on any atom is -0.494 e. The molecule has 1 saturated heterocycles. The Bertz CT molecular complexity index is 1060. The molecule has 0 saturated carbocycles. The largest absolute Gasteiger partial charge is 0.494 e. The third-order valence-corrected chi connectivity index (χ3v) is 6.73. The van der Waals surface area contributed by atoms with E-state index >= 15 is 0 Å². The molecule has 2 aliphatic heterocycles. The van der Waals surface area contributed by atoms with Gasteiger partial charge in [0.15, 0.2) is 0 Å². The first-order valence-corrected chi connectivity index (χ1v) is 12.4. The maximum atomic E-state index is 13.2. The molecule has 0 bridgehead atoms. The maximum Gasteiger partial charge on any atom is 0.273 e. The van der Waals surface area contributed by atoms with Gasteiger partial charge in [-0.3, -0.25) is 9.59 Å². The molecule has 0 unspecified atom stereocenters. The minimum absolute atomic E-state index is 0.0396. The molecule has 1 aromatic carbocycles. The van der Waals surface area contributed by atoms with E-state index in [2.05, 4.69) is 21.9 Å². The Morgan fingerprint density at radius 1 is 1.11 bits per heavy atom. The van der Waals surface area contributed by atoms with Crippen LogP contribution in [0.3, 0.4) is 0 Å². The molecule has 4 rings (SSSR count). The lowest BCUT2D eigenvalue weighted by Gasteiger charge is -2.34. The highest BCUT2D eigenvalue weighted by Gasteiger charge is 2.36. The summed E-state index contributed by atoms with van der Waals surface area (Å²) in [5.74, 6) is 2.29. The number of likely N-dealkylation sites (N-methyl/N-ethyl adjacent to an activating group) is 1. The molecule has 0 N–H and O–H groups in total. The molecule has 1 fully saturated rings. The normalized spacial score (nSPS) is 15.6. The molecule has 0 aliphatic carbocycles. The SMILES string of the molecule is CCOc1ccc(CCN(C)c2nc(N3CCN(C(C)=O)CC3)nc3c2CN(C(C)C)C3=O)cc1. The summed E-state index contributed by atoms with van der Waals surface area (Å²) >= 11 is 0. The second kappa shape index (κ2) is 10.5. The van der Waals surface area contributed by atoms with Crippen molar-refractivity contribution in [1.29, 1.82) is 0 Å². The van der Waals surface area contributed by atoms with Gasteiger partial charge in [-0.2, -0.15) is 4.98 Å². The zero-order valence-corrected chi connectivity index (χ0v) is 21.5. The molecule has 2 aromatic rings. The number of fused-ring (bicyclic) bond motifs is 1. The predicted octanol–water partition coefficient (Wildman–Crippen LogP) is 2.59. The minimum atomic E-state index is -0.0396. The molecule has 0 radical (unpaired) electrons. The van der Waals surface area contributed by atoms with Gasteiger partial charge in [0.05, 0.1) is 13.2 Å². The van der Waals surface area contributed by atoms with Crippen LogP contribution in [0.15, 0.2) is 24.3 Å². The smallest absolute Gasteiger partial charge is 0.273 e. The topological polar surface area (TPSA) is 82.1 Å². The van der Waals surface area contributed by atoms with Gasteiger partial charge in [-0.25, -0.2) is 4.98 Å². The number of hydrogen-bond donors (Lipinski definition) is 0. The highest BCUT2D eigenvalue weighted by atomic mass is 16.5. The number of amides is 2. The lowest BCUT2D eigenvalue weighted by molar-refractivity contribution is -0.129. The Hall–Kier alpha value is -3.36. The van der Waals surface area contributed by atoms with E-state index in [9.17, 15) is 9.59 Å². The number of nitrogens with zero attached hydrogens (tertiary/aromatic N) is 6. The van der Waals surface area contributed by atoms with E-state index < -0.39 is 0 Å². The molecule has 2 aliphatic rings. The van der Waals surface area contributed by atoms with Gasteiger partial charge in [0.25, 0.3) is 5.91 Å². The first-order valence-electron chi connectivity index (χ1n) is 12.4. The van der Waals surface area contributed by atoms with Gasteiger partial charge >= 0.3 is 0 Å². The van der Waals surface area contributed by atoms with Crippen LogP contribution in [0.25, 0.3) is 0 Å². The number of anilines is 2. The summed E-state index contributed by atoms with van der Waals surface area (Å²) in [5, 5.41) is 0. The molecule has 0 spiro atoms. The fourth-order valence-electron chi connectivity index (χ4n) is 4.58. The molecule has 9 heteroatoms. The standard InChI is InChI=1S/C26H36N6O3/c1-6-35-21-9-7-20(8-10-21)11-12-29(5)24-22-17-32(18(2)3)25(34)23(22)27-26(28-24)31-15-13-30(14-16-31)19(4)33/h7-10,18H,6,11-17H2,1-5H3. The first kappa shape index (κ1) is 24.8. The van der Waals surface area contributed by atoms with Crippen LogP contribution in [0.1, 0.15) is 49.3 Å². The van der Waals surface area contributed by atoms with Gasteiger partial charge < -0.3 is 24.3 Å². The van der Waals surface area contributed by atoms with Gasteiger partial charge in [-0.15, -0.1) is 0 Å². The van der Waals surface area contributed by atoms with Crippen LogP contribution in [0.5, 0.6) is 5.75 Å². The summed E-state index contributed by atoms with van der Waals surface area (Å²) in [6.45, 7) is 12.1. The van der Waals surface area contributed by atoms with Crippen LogP contribution in [0.4, 0.5) is 11.8 Å². The van der Waals surface area contributed by atoms with Crippen LogP contribution in [0, 0.1) is 0 Å². The number of hydrogen-bond acceptors (Lipinski definition) is 7. The average Bonchev–Trinajstić information content (AvgIpc) is 3.19. The zero-order valence-electron chi connectivity index (χ0n) is 21.5. The molecule has 9 nitrogen and oxygen atoms in total. The monoisotopic (exact) mass is 480 g/mol. The van der Waals surface area contributed by atoms with Gasteiger partial charge in [0, 0.05) is 58.3 Å². The highest BCUT2D eigenvalue weighted by Crippen LogP contribution is 2.32. The van der Waals surface area contributed by atoms with E-state index in [1.165, 1.54) is 5.56 Å². The lowest BCUT2D eigenvalue weighted by atomic mass is 10.1. The molecule has 35 heavy (non-hydrogen) atoms. The molecule has 3 heterocycles. The Morgan fingerprint density at radius 3 is 2.40 bits per heavy atom. The second-order valence-corrected chi connectivity index (χ2v) is 9.44. The van der Waals surface area contributed by atoms with E-state index in [1.54, 1.807) is 6.92 Å². The van der Waals surface area contributed by atoms with Crippen molar-refractivity contribution in [3.05, 3.63) is 41.1 Å². The Labute approximate surface area is 207 Å². The van der Waals surface area contributed by atoms with Crippen molar-refractivity contribution in [1.82, 2.24) is 19.8 Å². The van der Waals surface area contributed by atoms with Gasteiger partial charge in [-0.1, -0.05) is 12.1 Å². The van der Waals surface area contributed by atoms with Gasteiger partial charge in [0.2, 0.25) is 11.9 Å². The summed E-state index contributed by atoms with van der Waals surface area (Å²) in [7, 11) is 2.02. The second-order valence-electron chi connectivity index (χ2n) is 9.44. The van der Waals surface area contributed by atoms with Crippen molar-refractivity contribution < 1.29 is 14.3 Å². The van der Waals surface area contributed by atoms with Crippen molar-refractivity contribution >= 4 is 23.6 Å². The third-order valence-electron chi connectivity index (χ3n) is 6.73. The quantitative estimate of drug-likeness (QED) is 0.574. The average molecular weight is 481 g/mol. The number of rotatable bonds is 8. The first-order chi connectivity index (χ1) is 16.8. The van der Waals surface area contributed by atoms with E-state index in [0.717, 1.165) is 30.1 Å². The van der Waals surface area contributed by atoms with Crippen LogP contribution in [-0.4, -0.2) is 84.0 Å². The predicted molar refractivity (Wildman–Crippen MR) is 136 cm³/mol. The molecule has 0 atom stereocenters. The van der Waals surface area contributed by atoms with Crippen molar-refractivity contribution in [3.63, 3.8) is 0 Å². The Balaban J connectivity index is 1.57. The highest BCUT2D eigenvalue weighted by molar-refractivity contribution is 5.98. The zero-order chi connectivity index (χ0) is 25.1. The molecule has 188 valence electrons. The molecule has 1 aromatic heterocycles. The maximum absolute atomic E-state index is 13.2. The molecule has 2 amide bonds. The Morgan fingerprint density at radius 2 is 1.80 bits per heavy atom.